The number of hydrogen-bond acceptors (Lipinski definition) is 5. The van der Waals surface area contributed by atoms with E-state index < -0.39 is 18.0 Å². The van der Waals surface area contributed by atoms with Crippen molar-refractivity contribution in [1.29, 1.82) is 0 Å². The van der Waals surface area contributed by atoms with Gasteiger partial charge in [-0.1, -0.05) is 51.5 Å². The number of rotatable bonds is 10. The van der Waals surface area contributed by atoms with Crippen molar-refractivity contribution in [3.05, 3.63) is 65.0 Å². The lowest BCUT2D eigenvalue weighted by Crippen LogP contribution is -2.50. The lowest BCUT2D eigenvalue weighted by Gasteiger charge is -2.27. The van der Waals surface area contributed by atoms with Gasteiger partial charge in [-0.05, 0) is 86.1 Å². The molecule has 8 heteroatoms. The summed E-state index contributed by atoms with van der Waals surface area (Å²) in [5, 5.41) is 18.0. The monoisotopic (exact) mass is 609 g/mol. The fourth-order valence-corrected chi connectivity index (χ4v) is 6.32. The number of fused-ring (bicyclic) bond motifs is 2. The van der Waals surface area contributed by atoms with Gasteiger partial charge in [-0.2, -0.15) is 0 Å². The standard InChI is InChI=1S/C36H52FN3O4/c1-4-9-27-14-18-40(17-5-2)35(43)13-8-12-34(42)39-32(22-28-20-30(37)23-31(21-28)44-25-27)33(41)24-38-36(15-16-36)29-11-7-10-26(6-3)19-29/h7,10-11,19-21,23,27,32-33,38,41H,4-6,8-9,12-18,22,24-25H2,1-3H3,(H,39,42)/t27?,32-,33+/m0/s1. The molecule has 7 nitrogen and oxygen atoms in total. The van der Waals surface area contributed by atoms with Gasteiger partial charge in [-0.3, -0.25) is 9.59 Å². The molecular formula is C36H52FN3O4. The summed E-state index contributed by atoms with van der Waals surface area (Å²) in [4.78, 5) is 28.1. The third-order valence-corrected chi connectivity index (χ3v) is 9.12. The predicted molar refractivity (Wildman–Crippen MR) is 172 cm³/mol. The molecule has 1 aliphatic heterocycles. The van der Waals surface area contributed by atoms with Crippen LogP contribution in [0, 0.1) is 11.7 Å². The minimum absolute atomic E-state index is 0.0662. The molecule has 0 aromatic heterocycles. The van der Waals surface area contributed by atoms with Crippen LogP contribution in [0.4, 0.5) is 4.39 Å². The van der Waals surface area contributed by atoms with E-state index in [9.17, 15) is 19.1 Å². The van der Waals surface area contributed by atoms with E-state index in [4.69, 9.17) is 4.74 Å². The number of hydrogen-bond donors (Lipinski definition) is 3. The lowest BCUT2D eigenvalue weighted by molar-refractivity contribution is -0.131. The molecule has 0 radical (unpaired) electrons. The molecule has 1 saturated carbocycles. The number of carbonyl (C=O) groups excluding carboxylic acids is 2. The zero-order valence-electron chi connectivity index (χ0n) is 26.9. The number of nitrogens with one attached hydrogen (secondary N) is 2. The molecule has 2 amide bonds. The van der Waals surface area contributed by atoms with E-state index in [-0.39, 0.29) is 42.7 Å². The summed E-state index contributed by atoms with van der Waals surface area (Å²) in [5.41, 5.74) is 2.98. The highest BCUT2D eigenvalue weighted by Gasteiger charge is 2.44. The second kappa shape index (κ2) is 16.4. The van der Waals surface area contributed by atoms with Crippen molar-refractivity contribution in [2.75, 3.05) is 26.2 Å². The summed E-state index contributed by atoms with van der Waals surface area (Å²) in [6.07, 6.45) is 6.84. The first-order chi connectivity index (χ1) is 21.2. The molecule has 44 heavy (non-hydrogen) atoms. The fourth-order valence-electron chi connectivity index (χ4n) is 6.32. The smallest absolute Gasteiger partial charge is 0.222 e. The number of ether oxygens (including phenoxy) is 1. The van der Waals surface area contributed by atoms with E-state index in [0.29, 0.717) is 43.9 Å². The number of aryl methyl sites for hydroxylation is 1. The van der Waals surface area contributed by atoms with Crippen LogP contribution in [0.25, 0.3) is 0 Å². The van der Waals surface area contributed by atoms with Crippen molar-refractivity contribution in [2.24, 2.45) is 5.92 Å². The average molecular weight is 610 g/mol. The largest absolute Gasteiger partial charge is 0.493 e. The van der Waals surface area contributed by atoms with Gasteiger partial charge in [-0.15, -0.1) is 0 Å². The summed E-state index contributed by atoms with van der Waals surface area (Å²) >= 11 is 0. The van der Waals surface area contributed by atoms with Crippen molar-refractivity contribution < 1.29 is 23.8 Å². The highest BCUT2D eigenvalue weighted by Crippen LogP contribution is 2.45. The average Bonchev–Trinajstić information content (AvgIpc) is 3.80. The Bertz CT molecular complexity index is 1230. The van der Waals surface area contributed by atoms with Crippen LogP contribution in [-0.2, 0) is 28.0 Å². The van der Waals surface area contributed by atoms with Crippen LogP contribution in [-0.4, -0.2) is 60.2 Å². The fraction of sp³-hybridized carbons (Fsp3) is 0.611. The van der Waals surface area contributed by atoms with Crippen LogP contribution in [0.2, 0.25) is 0 Å². The number of benzene rings is 2. The Morgan fingerprint density at radius 3 is 2.66 bits per heavy atom. The predicted octanol–water partition coefficient (Wildman–Crippen LogP) is 5.66. The van der Waals surface area contributed by atoms with E-state index in [2.05, 4.69) is 55.7 Å². The van der Waals surface area contributed by atoms with Crippen molar-refractivity contribution in [3.8, 4) is 5.75 Å². The van der Waals surface area contributed by atoms with Gasteiger partial charge in [-0.25, -0.2) is 4.39 Å². The minimum atomic E-state index is -0.906. The Morgan fingerprint density at radius 1 is 1.11 bits per heavy atom. The zero-order chi connectivity index (χ0) is 31.5. The van der Waals surface area contributed by atoms with Gasteiger partial charge >= 0.3 is 0 Å². The van der Waals surface area contributed by atoms with Crippen LogP contribution in [0.3, 0.4) is 0 Å². The quantitative estimate of drug-likeness (QED) is 0.323. The van der Waals surface area contributed by atoms with Gasteiger partial charge in [0.15, 0.2) is 0 Å². The SMILES string of the molecule is CCCC1CCN(CCC)C(=O)CCCC(=O)N[C@H]([C@H](O)CNC2(c3cccc(CC)c3)CC2)Cc2cc(F)cc(c2)OC1. The first-order valence-corrected chi connectivity index (χ1v) is 16.8. The Balaban J connectivity index is 1.52. The van der Waals surface area contributed by atoms with Crippen LogP contribution in [0.15, 0.2) is 42.5 Å². The maximum absolute atomic E-state index is 14.8. The molecule has 1 aliphatic carbocycles. The Morgan fingerprint density at radius 2 is 1.93 bits per heavy atom. The number of aliphatic hydroxyl groups is 1. The lowest BCUT2D eigenvalue weighted by atomic mass is 9.98. The molecule has 2 bridgehead atoms. The Kier molecular flexibility index (Phi) is 12.6. The molecule has 2 aromatic carbocycles. The third kappa shape index (κ3) is 9.77. The maximum Gasteiger partial charge on any atom is 0.222 e. The molecule has 3 N–H and O–H groups in total. The number of halogens is 1. The molecule has 242 valence electrons. The summed E-state index contributed by atoms with van der Waals surface area (Å²) in [6.45, 7) is 8.39. The van der Waals surface area contributed by atoms with E-state index >= 15 is 0 Å². The molecule has 1 heterocycles. The molecule has 3 atom stereocenters. The summed E-state index contributed by atoms with van der Waals surface area (Å²) in [5.74, 6) is 0.119. The van der Waals surface area contributed by atoms with Crippen LogP contribution in [0.1, 0.15) is 95.2 Å². The zero-order valence-corrected chi connectivity index (χ0v) is 26.9. The number of nitrogens with zero attached hydrogens (tertiary/aromatic N) is 1. The maximum atomic E-state index is 14.8. The minimum Gasteiger partial charge on any atom is -0.493 e. The van der Waals surface area contributed by atoms with Crippen molar-refractivity contribution in [2.45, 2.75) is 109 Å². The third-order valence-electron chi connectivity index (χ3n) is 9.12. The Labute approximate surface area is 262 Å². The normalized spacial score (nSPS) is 22.1. The van der Waals surface area contributed by atoms with Crippen LogP contribution < -0.4 is 15.4 Å². The van der Waals surface area contributed by atoms with E-state index in [1.807, 2.05) is 11.0 Å². The molecule has 0 saturated heterocycles. The van der Waals surface area contributed by atoms with Gasteiger partial charge in [0, 0.05) is 44.1 Å². The molecular weight excluding hydrogens is 557 g/mol. The second-order valence-corrected chi connectivity index (χ2v) is 12.7. The highest BCUT2D eigenvalue weighted by atomic mass is 19.1. The molecule has 4 rings (SSSR count). The molecule has 1 fully saturated rings. The molecule has 2 aliphatic rings. The number of amides is 2. The van der Waals surface area contributed by atoms with Gasteiger partial charge in [0.2, 0.25) is 11.8 Å². The molecule has 1 unspecified atom stereocenters. The summed E-state index contributed by atoms with van der Waals surface area (Å²) in [7, 11) is 0. The van der Waals surface area contributed by atoms with Gasteiger partial charge in [0.25, 0.3) is 0 Å². The summed E-state index contributed by atoms with van der Waals surface area (Å²) < 4.78 is 20.9. The van der Waals surface area contributed by atoms with E-state index in [0.717, 1.165) is 44.9 Å². The Hall–Kier alpha value is -2.97. The molecule has 2 aromatic rings. The van der Waals surface area contributed by atoms with Crippen LogP contribution in [0.5, 0.6) is 5.75 Å². The van der Waals surface area contributed by atoms with E-state index in [1.54, 1.807) is 0 Å². The van der Waals surface area contributed by atoms with Crippen molar-refractivity contribution in [1.82, 2.24) is 15.5 Å². The first-order valence-electron chi connectivity index (χ1n) is 16.8. The van der Waals surface area contributed by atoms with Crippen molar-refractivity contribution >= 4 is 11.8 Å². The van der Waals surface area contributed by atoms with Gasteiger partial charge in [0.05, 0.1) is 18.8 Å². The van der Waals surface area contributed by atoms with Gasteiger partial charge in [0.1, 0.15) is 11.6 Å². The van der Waals surface area contributed by atoms with Crippen LogP contribution >= 0.6 is 0 Å². The first kappa shape index (κ1) is 33.9. The van der Waals surface area contributed by atoms with Gasteiger partial charge < -0.3 is 25.4 Å². The highest BCUT2D eigenvalue weighted by molar-refractivity contribution is 5.79. The topological polar surface area (TPSA) is 90.9 Å². The van der Waals surface area contributed by atoms with Crippen molar-refractivity contribution in [3.63, 3.8) is 0 Å². The summed E-state index contributed by atoms with van der Waals surface area (Å²) in [6, 6.07) is 12.6. The van der Waals surface area contributed by atoms with E-state index in [1.165, 1.54) is 23.3 Å². The second-order valence-electron chi connectivity index (χ2n) is 12.7. The number of aliphatic hydroxyl groups excluding tert-OH is 1. The number of carbonyl (C=O) groups is 2. The molecule has 0 spiro atoms.